The van der Waals surface area contributed by atoms with E-state index in [0.29, 0.717) is 21.4 Å². The summed E-state index contributed by atoms with van der Waals surface area (Å²) in [6, 6.07) is 11.0. The summed E-state index contributed by atoms with van der Waals surface area (Å²) < 4.78 is 0. The average Bonchev–Trinajstić information content (AvgIpc) is 2.38. The fraction of sp³-hybridized carbons (Fsp3) is 0.133. The van der Waals surface area contributed by atoms with E-state index >= 15 is 0 Å². The molecule has 2 aromatic rings. The van der Waals surface area contributed by atoms with E-state index in [-0.39, 0.29) is 5.56 Å². The molecule has 0 aliphatic heterocycles. The lowest BCUT2D eigenvalue weighted by Gasteiger charge is -2.10. The van der Waals surface area contributed by atoms with Crippen LogP contribution in [-0.2, 0) is 5.75 Å². The molecule has 2 aromatic carbocycles. The SMILES string of the molecule is Cc1ccccc1CSc1c(Cl)cc(N)cc1C(=O)O. The topological polar surface area (TPSA) is 63.3 Å². The van der Waals surface area contributed by atoms with Crippen molar-refractivity contribution in [2.75, 3.05) is 5.73 Å². The maximum Gasteiger partial charge on any atom is 0.336 e. The van der Waals surface area contributed by atoms with Gasteiger partial charge in [-0.15, -0.1) is 11.8 Å². The molecule has 0 heterocycles. The van der Waals surface area contributed by atoms with Gasteiger partial charge in [0, 0.05) is 16.3 Å². The molecule has 0 aromatic heterocycles. The highest BCUT2D eigenvalue weighted by Gasteiger charge is 2.15. The Bertz CT molecular complexity index is 658. The molecule has 0 bridgehead atoms. The number of aromatic carboxylic acids is 1. The second-order valence-electron chi connectivity index (χ2n) is 4.40. The smallest absolute Gasteiger partial charge is 0.336 e. The largest absolute Gasteiger partial charge is 0.478 e. The van der Waals surface area contributed by atoms with Crippen molar-refractivity contribution in [2.45, 2.75) is 17.6 Å². The number of carboxylic acids is 1. The van der Waals surface area contributed by atoms with E-state index in [2.05, 4.69) is 0 Å². The van der Waals surface area contributed by atoms with Crippen molar-refractivity contribution in [1.29, 1.82) is 0 Å². The molecule has 5 heteroatoms. The third kappa shape index (κ3) is 3.26. The van der Waals surface area contributed by atoms with Gasteiger partial charge in [0.15, 0.2) is 0 Å². The molecule has 0 fully saturated rings. The van der Waals surface area contributed by atoms with E-state index < -0.39 is 5.97 Å². The minimum atomic E-state index is -1.02. The van der Waals surface area contributed by atoms with E-state index in [1.54, 1.807) is 6.07 Å². The first-order valence-electron chi connectivity index (χ1n) is 5.98. The number of hydrogen-bond donors (Lipinski definition) is 2. The Balaban J connectivity index is 2.30. The summed E-state index contributed by atoms with van der Waals surface area (Å²) in [7, 11) is 0. The van der Waals surface area contributed by atoms with Gasteiger partial charge >= 0.3 is 5.97 Å². The lowest BCUT2D eigenvalue weighted by Crippen LogP contribution is -2.01. The summed E-state index contributed by atoms with van der Waals surface area (Å²) in [5, 5.41) is 9.61. The van der Waals surface area contributed by atoms with Crippen molar-refractivity contribution in [2.24, 2.45) is 0 Å². The number of nitrogen functional groups attached to an aromatic ring is 1. The predicted octanol–water partition coefficient (Wildman–Crippen LogP) is 4.22. The van der Waals surface area contributed by atoms with Crippen LogP contribution in [0.3, 0.4) is 0 Å². The molecule has 0 amide bonds. The van der Waals surface area contributed by atoms with Gasteiger partial charge in [0.25, 0.3) is 0 Å². The molecule has 0 atom stereocenters. The highest BCUT2D eigenvalue weighted by molar-refractivity contribution is 7.98. The quantitative estimate of drug-likeness (QED) is 0.655. The number of benzene rings is 2. The third-order valence-corrected chi connectivity index (χ3v) is 4.52. The van der Waals surface area contributed by atoms with Crippen molar-refractivity contribution in [3.05, 3.63) is 58.1 Å². The maximum atomic E-state index is 11.3. The van der Waals surface area contributed by atoms with Crippen LogP contribution >= 0.6 is 23.4 Å². The second kappa shape index (κ2) is 6.20. The summed E-state index contributed by atoms with van der Waals surface area (Å²) in [4.78, 5) is 11.8. The minimum absolute atomic E-state index is 0.147. The van der Waals surface area contributed by atoms with Gasteiger partial charge in [0.05, 0.1) is 10.6 Å². The zero-order valence-corrected chi connectivity index (χ0v) is 12.5. The molecule has 0 aliphatic rings. The van der Waals surface area contributed by atoms with Crippen LogP contribution in [0.2, 0.25) is 5.02 Å². The third-order valence-electron chi connectivity index (χ3n) is 2.93. The molecule has 0 saturated carbocycles. The molecule has 3 nitrogen and oxygen atoms in total. The Labute approximate surface area is 126 Å². The minimum Gasteiger partial charge on any atom is -0.478 e. The van der Waals surface area contributed by atoms with Gasteiger partial charge in [-0.1, -0.05) is 35.9 Å². The molecule has 3 N–H and O–H groups in total. The maximum absolute atomic E-state index is 11.3. The monoisotopic (exact) mass is 307 g/mol. The van der Waals surface area contributed by atoms with E-state index in [1.165, 1.54) is 23.4 Å². The Morgan fingerprint density at radius 3 is 2.70 bits per heavy atom. The first kappa shape index (κ1) is 14.8. The molecule has 104 valence electrons. The molecular formula is C15H14ClNO2S. The van der Waals surface area contributed by atoms with Gasteiger partial charge in [-0.25, -0.2) is 4.79 Å². The Kier molecular flexibility index (Phi) is 4.57. The number of thioether (sulfide) groups is 1. The van der Waals surface area contributed by atoms with E-state index in [0.717, 1.165) is 5.56 Å². The van der Waals surface area contributed by atoms with Crippen LogP contribution in [0.5, 0.6) is 0 Å². The molecule has 2 rings (SSSR count). The van der Waals surface area contributed by atoms with Gasteiger partial charge in [-0.2, -0.15) is 0 Å². The van der Waals surface area contributed by atoms with E-state index in [4.69, 9.17) is 17.3 Å². The zero-order valence-electron chi connectivity index (χ0n) is 10.9. The number of halogens is 1. The molecule has 20 heavy (non-hydrogen) atoms. The van der Waals surface area contributed by atoms with Crippen LogP contribution in [0, 0.1) is 6.92 Å². The Morgan fingerprint density at radius 2 is 2.05 bits per heavy atom. The summed E-state index contributed by atoms with van der Waals surface area (Å²) in [5.41, 5.74) is 8.47. The Hall–Kier alpha value is -1.65. The van der Waals surface area contributed by atoms with Crippen LogP contribution in [0.1, 0.15) is 21.5 Å². The molecule has 0 saturated heterocycles. The number of hydrogen-bond acceptors (Lipinski definition) is 3. The summed E-state index contributed by atoms with van der Waals surface area (Å²) in [6.45, 7) is 2.03. The van der Waals surface area contributed by atoms with Crippen molar-refractivity contribution < 1.29 is 9.90 Å². The normalized spacial score (nSPS) is 10.5. The summed E-state index contributed by atoms with van der Waals surface area (Å²) >= 11 is 7.53. The lowest BCUT2D eigenvalue weighted by atomic mass is 10.1. The average molecular weight is 308 g/mol. The number of aryl methyl sites for hydroxylation is 1. The second-order valence-corrected chi connectivity index (χ2v) is 5.79. The molecule has 0 unspecified atom stereocenters. The zero-order chi connectivity index (χ0) is 14.7. The van der Waals surface area contributed by atoms with Crippen molar-refractivity contribution >= 4 is 35.0 Å². The van der Waals surface area contributed by atoms with Crippen molar-refractivity contribution in [1.82, 2.24) is 0 Å². The molecule has 0 spiro atoms. The number of nitrogens with two attached hydrogens (primary N) is 1. The van der Waals surface area contributed by atoms with Crippen molar-refractivity contribution in [3.8, 4) is 0 Å². The van der Waals surface area contributed by atoms with Gasteiger partial charge in [0.1, 0.15) is 0 Å². The number of carboxylic acid groups (broad SMARTS) is 1. The van der Waals surface area contributed by atoms with Gasteiger partial charge < -0.3 is 10.8 Å². The molecular weight excluding hydrogens is 294 g/mol. The number of rotatable bonds is 4. The van der Waals surface area contributed by atoms with Gasteiger partial charge in [0.2, 0.25) is 0 Å². The van der Waals surface area contributed by atoms with E-state index in [9.17, 15) is 9.90 Å². The fourth-order valence-corrected chi connectivity index (χ4v) is 3.36. The van der Waals surface area contributed by atoms with Crippen LogP contribution in [0.15, 0.2) is 41.3 Å². The van der Waals surface area contributed by atoms with Crippen LogP contribution in [0.4, 0.5) is 5.69 Å². The fourth-order valence-electron chi connectivity index (χ4n) is 1.84. The first-order valence-corrected chi connectivity index (χ1v) is 7.35. The van der Waals surface area contributed by atoms with Gasteiger partial charge in [-0.05, 0) is 30.2 Å². The summed E-state index contributed by atoms with van der Waals surface area (Å²) in [6.07, 6.45) is 0. The predicted molar refractivity (Wildman–Crippen MR) is 83.6 cm³/mol. The standard InChI is InChI=1S/C15H14ClNO2S/c1-9-4-2-3-5-10(9)8-20-14-12(15(18)19)6-11(17)7-13(14)16/h2-7H,8,17H2,1H3,(H,18,19). The molecule has 0 aliphatic carbocycles. The van der Waals surface area contributed by atoms with Crippen LogP contribution in [0.25, 0.3) is 0 Å². The first-order chi connectivity index (χ1) is 9.49. The Morgan fingerprint density at radius 1 is 1.35 bits per heavy atom. The number of anilines is 1. The highest BCUT2D eigenvalue weighted by atomic mass is 35.5. The van der Waals surface area contributed by atoms with E-state index in [1.807, 2.05) is 31.2 Å². The lowest BCUT2D eigenvalue weighted by molar-refractivity contribution is 0.0693. The highest BCUT2D eigenvalue weighted by Crippen LogP contribution is 2.35. The van der Waals surface area contributed by atoms with Crippen molar-refractivity contribution in [3.63, 3.8) is 0 Å². The molecule has 0 radical (unpaired) electrons. The van der Waals surface area contributed by atoms with Gasteiger partial charge in [-0.3, -0.25) is 0 Å². The number of carbonyl (C=O) groups is 1. The summed E-state index contributed by atoms with van der Waals surface area (Å²) in [5.74, 6) is -0.358. The van der Waals surface area contributed by atoms with Crippen LogP contribution < -0.4 is 5.73 Å². The van der Waals surface area contributed by atoms with Crippen LogP contribution in [-0.4, -0.2) is 11.1 Å².